The van der Waals surface area contributed by atoms with Gasteiger partial charge in [0.15, 0.2) is 13.1 Å². The highest BCUT2D eigenvalue weighted by atomic mass is 16.2. The Labute approximate surface area is 145 Å². The third-order valence-corrected chi connectivity index (χ3v) is 4.08. The largest absolute Gasteiger partial charge is 0.351 e. The lowest BCUT2D eigenvalue weighted by Crippen LogP contribution is -3.14. The lowest BCUT2D eigenvalue weighted by Gasteiger charge is -2.16. The van der Waals surface area contributed by atoms with Crippen LogP contribution in [0.5, 0.6) is 0 Å². The SMILES string of the molecule is CCNC(=O)C[NH+](CC)CC(=O)NCCc1ccc(C(C)C)cc1. The molecule has 1 unspecified atom stereocenters. The molecule has 0 saturated carbocycles. The number of carbonyl (C=O) groups is 2. The van der Waals surface area contributed by atoms with E-state index in [1.165, 1.54) is 11.1 Å². The number of quaternary nitrogens is 1. The predicted octanol–water partition coefficient (Wildman–Crippen LogP) is 0.510. The Morgan fingerprint density at radius 2 is 1.58 bits per heavy atom. The van der Waals surface area contributed by atoms with Gasteiger partial charge in [-0.2, -0.15) is 0 Å². The van der Waals surface area contributed by atoms with Crippen molar-refractivity contribution in [2.75, 3.05) is 32.7 Å². The van der Waals surface area contributed by atoms with Gasteiger partial charge >= 0.3 is 0 Å². The van der Waals surface area contributed by atoms with Gasteiger partial charge in [-0.15, -0.1) is 0 Å². The number of hydrogen-bond donors (Lipinski definition) is 3. The number of benzene rings is 1. The van der Waals surface area contributed by atoms with Crippen LogP contribution in [0.1, 0.15) is 44.7 Å². The van der Waals surface area contributed by atoms with Crippen molar-refractivity contribution in [3.8, 4) is 0 Å². The molecule has 3 N–H and O–H groups in total. The van der Waals surface area contributed by atoms with Crippen molar-refractivity contribution in [1.29, 1.82) is 0 Å². The standard InChI is InChI=1S/C19H31N3O2/c1-5-20-18(23)13-22(6-2)14-19(24)21-12-11-16-7-9-17(10-8-16)15(3)4/h7-10,15H,5-6,11-14H2,1-4H3,(H,20,23)(H,21,24)/p+1. The molecule has 0 aromatic heterocycles. The van der Waals surface area contributed by atoms with Crippen molar-refractivity contribution in [1.82, 2.24) is 10.6 Å². The van der Waals surface area contributed by atoms with Gasteiger partial charge < -0.3 is 15.5 Å². The number of hydrogen-bond acceptors (Lipinski definition) is 2. The Balaban J connectivity index is 2.33. The summed E-state index contributed by atoms with van der Waals surface area (Å²) in [6, 6.07) is 8.55. The van der Waals surface area contributed by atoms with Gasteiger partial charge in [-0.3, -0.25) is 9.59 Å². The van der Waals surface area contributed by atoms with Crippen LogP contribution in [-0.2, 0) is 16.0 Å². The molecule has 1 rings (SSSR count). The van der Waals surface area contributed by atoms with E-state index in [2.05, 4.69) is 48.7 Å². The van der Waals surface area contributed by atoms with Crippen LogP contribution >= 0.6 is 0 Å². The van der Waals surface area contributed by atoms with Crippen molar-refractivity contribution in [3.05, 3.63) is 35.4 Å². The van der Waals surface area contributed by atoms with E-state index in [0.717, 1.165) is 17.9 Å². The molecular formula is C19H32N3O2+. The maximum Gasteiger partial charge on any atom is 0.275 e. The van der Waals surface area contributed by atoms with Crippen molar-refractivity contribution in [2.45, 2.75) is 40.0 Å². The first-order chi connectivity index (χ1) is 11.5. The van der Waals surface area contributed by atoms with Gasteiger partial charge in [0.25, 0.3) is 11.8 Å². The molecule has 2 amide bonds. The number of likely N-dealkylation sites (N-methyl/N-ethyl adjacent to an activating group) is 2. The van der Waals surface area contributed by atoms with E-state index in [-0.39, 0.29) is 11.8 Å². The minimum atomic E-state index is -0.00704. The predicted molar refractivity (Wildman–Crippen MR) is 97.2 cm³/mol. The molecule has 0 aliphatic rings. The lowest BCUT2D eigenvalue weighted by molar-refractivity contribution is -0.881. The average molecular weight is 334 g/mol. The average Bonchev–Trinajstić information content (AvgIpc) is 2.54. The fourth-order valence-electron chi connectivity index (χ4n) is 2.50. The first kappa shape index (κ1) is 20.2. The molecule has 0 aliphatic carbocycles. The molecule has 134 valence electrons. The van der Waals surface area contributed by atoms with Crippen molar-refractivity contribution >= 4 is 11.8 Å². The van der Waals surface area contributed by atoms with E-state index < -0.39 is 0 Å². The maximum absolute atomic E-state index is 12.0. The Bertz CT molecular complexity index is 512. The zero-order valence-corrected chi connectivity index (χ0v) is 15.4. The van der Waals surface area contributed by atoms with Crippen molar-refractivity contribution < 1.29 is 14.5 Å². The monoisotopic (exact) mass is 334 g/mol. The molecule has 0 saturated heterocycles. The van der Waals surface area contributed by atoms with Crippen LogP contribution < -0.4 is 15.5 Å². The fraction of sp³-hybridized carbons (Fsp3) is 0.579. The molecule has 0 spiro atoms. The topological polar surface area (TPSA) is 62.6 Å². The first-order valence-electron chi connectivity index (χ1n) is 8.92. The summed E-state index contributed by atoms with van der Waals surface area (Å²) in [6.45, 7) is 10.9. The van der Waals surface area contributed by atoms with E-state index in [0.29, 0.717) is 32.1 Å². The van der Waals surface area contributed by atoms with Crippen molar-refractivity contribution in [3.63, 3.8) is 0 Å². The van der Waals surface area contributed by atoms with Gasteiger partial charge in [0.2, 0.25) is 0 Å². The van der Waals surface area contributed by atoms with E-state index >= 15 is 0 Å². The smallest absolute Gasteiger partial charge is 0.275 e. The maximum atomic E-state index is 12.0. The quantitative estimate of drug-likeness (QED) is 0.584. The number of amides is 2. The highest BCUT2D eigenvalue weighted by Crippen LogP contribution is 2.14. The van der Waals surface area contributed by atoms with Crippen LogP contribution in [0.25, 0.3) is 0 Å². The zero-order valence-electron chi connectivity index (χ0n) is 15.4. The zero-order chi connectivity index (χ0) is 17.9. The second kappa shape index (κ2) is 10.8. The van der Waals surface area contributed by atoms with Crippen LogP contribution in [0.4, 0.5) is 0 Å². The highest BCUT2D eigenvalue weighted by Gasteiger charge is 2.15. The summed E-state index contributed by atoms with van der Waals surface area (Å²) in [7, 11) is 0. The van der Waals surface area contributed by atoms with E-state index in [1.807, 2.05) is 13.8 Å². The molecular weight excluding hydrogens is 302 g/mol. The molecule has 5 nitrogen and oxygen atoms in total. The highest BCUT2D eigenvalue weighted by molar-refractivity contribution is 5.78. The Morgan fingerprint density at radius 3 is 2.08 bits per heavy atom. The minimum absolute atomic E-state index is 0.00468. The summed E-state index contributed by atoms with van der Waals surface area (Å²) in [5.74, 6) is 0.522. The molecule has 1 atom stereocenters. The minimum Gasteiger partial charge on any atom is -0.351 e. The summed E-state index contributed by atoms with van der Waals surface area (Å²) in [4.78, 5) is 24.6. The summed E-state index contributed by atoms with van der Waals surface area (Å²) in [5, 5.41) is 5.72. The summed E-state index contributed by atoms with van der Waals surface area (Å²) in [6.07, 6.45) is 0.821. The van der Waals surface area contributed by atoms with Gasteiger partial charge in [0, 0.05) is 13.1 Å². The lowest BCUT2D eigenvalue weighted by atomic mass is 10.0. The van der Waals surface area contributed by atoms with Crippen LogP contribution in [0.2, 0.25) is 0 Å². The molecule has 1 aromatic carbocycles. The Morgan fingerprint density at radius 1 is 1.00 bits per heavy atom. The molecule has 0 aliphatic heterocycles. The van der Waals surface area contributed by atoms with E-state index in [9.17, 15) is 9.59 Å². The second-order valence-electron chi connectivity index (χ2n) is 6.41. The fourth-order valence-corrected chi connectivity index (χ4v) is 2.50. The van der Waals surface area contributed by atoms with Crippen LogP contribution in [0, 0.1) is 0 Å². The number of nitrogens with one attached hydrogen (secondary N) is 3. The molecule has 0 heterocycles. The third kappa shape index (κ3) is 7.59. The normalized spacial score (nSPS) is 12.0. The van der Waals surface area contributed by atoms with Crippen LogP contribution in [-0.4, -0.2) is 44.5 Å². The Kier molecular flexibility index (Phi) is 9.08. The molecule has 0 fully saturated rings. The molecule has 0 bridgehead atoms. The van der Waals surface area contributed by atoms with Crippen molar-refractivity contribution in [2.24, 2.45) is 0 Å². The second-order valence-corrected chi connectivity index (χ2v) is 6.41. The van der Waals surface area contributed by atoms with Gasteiger partial charge in [-0.1, -0.05) is 38.1 Å². The van der Waals surface area contributed by atoms with Crippen LogP contribution in [0.3, 0.4) is 0 Å². The van der Waals surface area contributed by atoms with E-state index in [1.54, 1.807) is 0 Å². The molecule has 1 aromatic rings. The first-order valence-corrected chi connectivity index (χ1v) is 8.92. The molecule has 5 heteroatoms. The summed E-state index contributed by atoms with van der Waals surface area (Å²) in [5.41, 5.74) is 2.55. The van der Waals surface area contributed by atoms with E-state index in [4.69, 9.17) is 0 Å². The molecule has 24 heavy (non-hydrogen) atoms. The van der Waals surface area contributed by atoms with Crippen LogP contribution in [0.15, 0.2) is 24.3 Å². The van der Waals surface area contributed by atoms with Gasteiger partial charge in [-0.25, -0.2) is 0 Å². The van der Waals surface area contributed by atoms with Gasteiger partial charge in [0.05, 0.1) is 6.54 Å². The number of carbonyl (C=O) groups excluding carboxylic acids is 2. The summed E-state index contributed by atoms with van der Waals surface area (Å²) >= 11 is 0. The summed E-state index contributed by atoms with van der Waals surface area (Å²) < 4.78 is 0. The van der Waals surface area contributed by atoms with Gasteiger partial charge in [0.1, 0.15) is 0 Å². The molecule has 0 radical (unpaired) electrons. The number of rotatable bonds is 10. The third-order valence-electron chi connectivity index (χ3n) is 4.08. The van der Waals surface area contributed by atoms with Gasteiger partial charge in [-0.05, 0) is 37.3 Å². The Hall–Kier alpha value is -1.88.